The van der Waals surface area contributed by atoms with Crippen molar-refractivity contribution < 1.29 is 9.47 Å². The van der Waals surface area contributed by atoms with Crippen LogP contribution in [0.4, 0.5) is 0 Å². The Labute approximate surface area is 113 Å². The van der Waals surface area contributed by atoms with Gasteiger partial charge in [-0.25, -0.2) is 0 Å². The van der Waals surface area contributed by atoms with E-state index in [9.17, 15) is 0 Å². The Bertz CT molecular complexity index is 397. The number of rotatable bonds is 4. The van der Waals surface area contributed by atoms with Crippen molar-refractivity contribution in [3.63, 3.8) is 0 Å². The summed E-state index contributed by atoms with van der Waals surface area (Å²) in [4.78, 5) is 0. The zero-order chi connectivity index (χ0) is 13.0. The Kier molecular flexibility index (Phi) is 4.87. The molecule has 1 fully saturated rings. The molecule has 18 heavy (non-hydrogen) atoms. The zero-order valence-corrected chi connectivity index (χ0v) is 11.5. The van der Waals surface area contributed by atoms with Gasteiger partial charge in [0.25, 0.3) is 0 Å². The lowest BCUT2D eigenvalue weighted by Crippen LogP contribution is -2.39. The number of ether oxygens (including phenoxy) is 2. The predicted molar refractivity (Wildman–Crippen MR) is 73.0 cm³/mol. The number of nitrogens with two attached hydrogens (primary N) is 1. The molecule has 1 aliphatic carbocycles. The van der Waals surface area contributed by atoms with Crippen LogP contribution in [0, 0.1) is 0 Å². The van der Waals surface area contributed by atoms with Crippen LogP contribution in [0.2, 0.25) is 5.02 Å². The lowest BCUT2D eigenvalue weighted by atomic mass is 9.93. The fourth-order valence-electron chi connectivity index (χ4n) is 2.39. The van der Waals surface area contributed by atoms with Crippen LogP contribution in [0.1, 0.15) is 31.2 Å². The molecule has 4 heteroatoms. The maximum atomic E-state index is 6.06. The van der Waals surface area contributed by atoms with Crippen molar-refractivity contribution in [3.05, 3.63) is 28.8 Å². The molecule has 0 heterocycles. The maximum absolute atomic E-state index is 6.06. The molecule has 0 aliphatic heterocycles. The first kappa shape index (κ1) is 13.7. The van der Waals surface area contributed by atoms with Crippen LogP contribution in [0.15, 0.2) is 18.2 Å². The summed E-state index contributed by atoms with van der Waals surface area (Å²) in [7, 11) is 1.65. The van der Waals surface area contributed by atoms with Crippen LogP contribution in [-0.4, -0.2) is 19.3 Å². The average molecular weight is 270 g/mol. The van der Waals surface area contributed by atoms with Gasteiger partial charge in [-0.05, 0) is 31.0 Å². The van der Waals surface area contributed by atoms with Crippen molar-refractivity contribution in [1.29, 1.82) is 0 Å². The smallest absolute Gasteiger partial charge is 0.124 e. The van der Waals surface area contributed by atoms with Crippen molar-refractivity contribution in [2.45, 2.75) is 44.4 Å². The van der Waals surface area contributed by atoms with Gasteiger partial charge >= 0.3 is 0 Å². The van der Waals surface area contributed by atoms with Crippen molar-refractivity contribution in [2.24, 2.45) is 5.73 Å². The standard InChI is InChI=1S/C14H20ClNO2/c1-17-13-7-6-11(15)8-10(13)9-18-14-5-3-2-4-12(14)16/h6-8,12,14H,2-5,9,16H2,1H3. The monoisotopic (exact) mass is 269 g/mol. The largest absolute Gasteiger partial charge is 0.496 e. The minimum Gasteiger partial charge on any atom is -0.496 e. The number of hydrogen-bond donors (Lipinski definition) is 1. The highest BCUT2D eigenvalue weighted by molar-refractivity contribution is 6.30. The Morgan fingerprint density at radius 3 is 2.83 bits per heavy atom. The number of hydrogen-bond acceptors (Lipinski definition) is 3. The molecule has 2 rings (SSSR count). The third kappa shape index (κ3) is 3.37. The van der Waals surface area contributed by atoms with E-state index < -0.39 is 0 Å². The van der Waals surface area contributed by atoms with E-state index in [0.29, 0.717) is 11.6 Å². The van der Waals surface area contributed by atoms with Crippen LogP contribution >= 0.6 is 11.6 Å². The van der Waals surface area contributed by atoms with E-state index in [1.807, 2.05) is 18.2 Å². The van der Waals surface area contributed by atoms with Crippen LogP contribution in [0.5, 0.6) is 5.75 Å². The summed E-state index contributed by atoms with van der Waals surface area (Å²) < 4.78 is 11.2. The maximum Gasteiger partial charge on any atom is 0.124 e. The van der Waals surface area contributed by atoms with Crippen molar-refractivity contribution in [2.75, 3.05) is 7.11 Å². The lowest BCUT2D eigenvalue weighted by molar-refractivity contribution is 0.00331. The van der Waals surface area contributed by atoms with Gasteiger partial charge in [-0.1, -0.05) is 24.4 Å². The first-order chi connectivity index (χ1) is 8.70. The fourth-order valence-corrected chi connectivity index (χ4v) is 2.58. The molecule has 1 saturated carbocycles. The highest BCUT2D eigenvalue weighted by atomic mass is 35.5. The van der Waals surface area contributed by atoms with Gasteiger partial charge in [0, 0.05) is 16.6 Å². The molecule has 2 N–H and O–H groups in total. The van der Waals surface area contributed by atoms with Gasteiger partial charge < -0.3 is 15.2 Å². The summed E-state index contributed by atoms with van der Waals surface area (Å²) in [6.45, 7) is 0.502. The van der Waals surface area contributed by atoms with E-state index >= 15 is 0 Å². The molecule has 2 unspecified atom stereocenters. The van der Waals surface area contributed by atoms with Crippen LogP contribution in [0.25, 0.3) is 0 Å². The van der Waals surface area contributed by atoms with E-state index in [4.69, 9.17) is 26.8 Å². The quantitative estimate of drug-likeness (QED) is 0.913. The minimum absolute atomic E-state index is 0.155. The highest BCUT2D eigenvalue weighted by Gasteiger charge is 2.22. The third-order valence-corrected chi connectivity index (χ3v) is 3.68. The Morgan fingerprint density at radius 1 is 1.33 bits per heavy atom. The summed E-state index contributed by atoms with van der Waals surface area (Å²) in [5, 5.41) is 0.697. The second-order valence-corrected chi connectivity index (χ2v) is 5.19. The number of halogens is 1. The molecule has 0 aromatic heterocycles. The van der Waals surface area contributed by atoms with Crippen molar-refractivity contribution in [1.82, 2.24) is 0 Å². The molecule has 0 bridgehead atoms. The Hall–Kier alpha value is -0.770. The molecule has 1 aliphatic rings. The normalized spacial score (nSPS) is 23.9. The fraction of sp³-hybridized carbons (Fsp3) is 0.571. The lowest BCUT2D eigenvalue weighted by Gasteiger charge is -2.28. The molecule has 100 valence electrons. The van der Waals surface area contributed by atoms with Crippen LogP contribution in [-0.2, 0) is 11.3 Å². The summed E-state index contributed by atoms with van der Waals surface area (Å²) in [6.07, 6.45) is 4.66. The van der Waals surface area contributed by atoms with Gasteiger partial charge in [-0.15, -0.1) is 0 Å². The van der Waals surface area contributed by atoms with Gasteiger partial charge in [-0.3, -0.25) is 0 Å². The van der Waals surface area contributed by atoms with Gasteiger partial charge in [0.2, 0.25) is 0 Å². The Balaban J connectivity index is 1.98. The molecular formula is C14H20ClNO2. The number of benzene rings is 1. The molecule has 1 aromatic carbocycles. The Morgan fingerprint density at radius 2 is 2.11 bits per heavy atom. The summed E-state index contributed by atoms with van der Waals surface area (Å²) in [5.41, 5.74) is 7.04. The van der Waals surface area contributed by atoms with Gasteiger partial charge in [0.05, 0.1) is 19.8 Å². The molecule has 3 nitrogen and oxygen atoms in total. The minimum atomic E-state index is 0.155. The van der Waals surface area contributed by atoms with E-state index in [1.54, 1.807) is 7.11 Å². The second-order valence-electron chi connectivity index (χ2n) is 4.75. The van der Waals surface area contributed by atoms with Gasteiger partial charge in [-0.2, -0.15) is 0 Å². The molecule has 0 amide bonds. The van der Waals surface area contributed by atoms with E-state index in [0.717, 1.165) is 24.2 Å². The number of methoxy groups -OCH3 is 1. The molecule has 0 radical (unpaired) electrons. The van der Waals surface area contributed by atoms with Crippen molar-refractivity contribution in [3.8, 4) is 5.75 Å². The van der Waals surface area contributed by atoms with Crippen LogP contribution in [0.3, 0.4) is 0 Å². The van der Waals surface area contributed by atoms with E-state index in [-0.39, 0.29) is 12.1 Å². The van der Waals surface area contributed by atoms with Crippen molar-refractivity contribution >= 4 is 11.6 Å². The molecule has 0 spiro atoms. The first-order valence-corrected chi connectivity index (χ1v) is 6.78. The van der Waals surface area contributed by atoms with E-state index in [2.05, 4.69) is 0 Å². The molecule has 0 saturated heterocycles. The summed E-state index contributed by atoms with van der Waals surface area (Å²) >= 11 is 5.99. The topological polar surface area (TPSA) is 44.5 Å². The highest BCUT2D eigenvalue weighted by Crippen LogP contribution is 2.26. The van der Waals surface area contributed by atoms with Gasteiger partial charge in [0.1, 0.15) is 5.75 Å². The van der Waals surface area contributed by atoms with Gasteiger partial charge in [0.15, 0.2) is 0 Å². The molecule has 2 atom stereocenters. The zero-order valence-electron chi connectivity index (χ0n) is 10.7. The second kappa shape index (κ2) is 6.41. The van der Waals surface area contributed by atoms with E-state index in [1.165, 1.54) is 12.8 Å². The predicted octanol–water partition coefficient (Wildman–Crippen LogP) is 3.14. The average Bonchev–Trinajstić information content (AvgIpc) is 2.38. The third-order valence-electron chi connectivity index (χ3n) is 3.45. The molecular weight excluding hydrogens is 250 g/mol. The molecule has 1 aromatic rings. The van der Waals surface area contributed by atoms with Crippen LogP contribution < -0.4 is 10.5 Å². The first-order valence-electron chi connectivity index (χ1n) is 6.40. The SMILES string of the molecule is COc1ccc(Cl)cc1COC1CCCCC1N. The summed E-state index contributed by atoms with van der Waals surface area (Å²) in [6, 6.07) is 5.72. The summed E-state index contributed by atoms with van der Waals surface area (Å²) in [5.74, 6) is 0.809.